The molecule has 204 valence electrons. The predicted molar refractivity (Wildman–Crippen MR) is 153 cm³/mol. The molecular weight excluding hydrogens is 545 g/mol. The molecule has 0 spiro atoms. The number of nitrogens with zero attached hydrogens (tertiary/aromatic N) is 2. The minimum atomic E-state index is -3.99. The predicted octanol–water partition coefficient (Wildman–Crippen LogP) is 5.49. The van der Waals surface area contributed by atoms with Gasteiger partial charge in [-0.25, -0.2) is 8.42 Å². The van der Waals surface area contributed by atoms with Crippen molar-refractivity contribution in [3.05, 3.63) is 76.3 Å². The molecule has 0 saturated heterocycles. The number of amides is 2. The highest BCUT2D eigenvalue weighted by Gasteiger charge is 2.33. The largest absolute Gasteiger partial charge is 0.352 e. The zero-order chi connectivity index (χ0) is 28.0. The van der Waals surface area contributed by atoms with E-state index >= 15 is 0 Å². The van der Waals surface area contributed by atoms with E-state index < -0.39 is 28.5 Å². The van der Waals surface area contributed by atoms with Crippen LogP contribution >= 0.6 is 23.2 Å². The number of rotatable bonds is 11. The fraction of sp³-hybridized carbons (Fsp3) is 0.357. The summed E-state index contributed by atoms with van der Waals surface area (Å²) in [6, 6.07) is 16.3. The molecule has 0 aromatic heterocycles. The van der Waals surface area contributed by atoms with Crippen LogP contribution in [-0.2, 0) is 26.2 Å². The SMILES string of the molecule is CCC(C)NC(=O)C(CC)N(Cc1c(Cl)cccc1Cl)C(=O)CN(C)S(=O)(=O)c1ccc2ccccc2c1. The first-order valence-electron chi connectivity index (χ1n) is 12.5. The van der Waals surface area contributed by atoms with Crippen molar-refractivity contribution in [3.63, 3.8) is 0 Å². The Bertz CT molecular complexity index is 1390. The Morgan fingerprint density at radius 3 is 2.16 bits per heavy atom. The van der Waals surface area contributed by atoms with Gasteiger partial charge in [0.2, 0.25) is 21.8 Å². The molecule has 7 nitrogen and oxygen atoms in total. The van der Waals surface area contributed by atoms with Gasteiger partial charge in [0.25, 0.3) is 0 Å². The van der Waals surface area contributed by atoms with E-state index in [4.69, 9.17) is 23.2 Å². The summed E-state index contributed by atoms with van der Waals surface area (Å²) in [5, 5.41) is 5.31. The fourth-order valence-electron chi connectivity index (χ4n) is 4.09. The van der Waals surface area contributed by atoms with E-state index in [1.807, 2.05) is 38.1 Å². The van der Waals surface area contributed by atoms with Gasteiger partial charge >= 0.3 is 0 Å². The fourth-order valence-corrected chi connectivity index (χ4v) is 5.76. The van der Waals surface area contributed by atoms with Crippen molar-refractivity contribution in [1.82, 2.24) is 14.5 Å². The molecule has 1 N–H and O–H groups in total. The number of hydrogen-bond acceptors (Lipinski definition) is 4. The van der Waals surface area contributed by atoms with Crippen molar-refractivity contribution in [2.24, 2.45) is 0 Å². The first-order chi connectivity index (χ1) is 18.0. The number of hydrogen-bond donors (Lipinski definition) is 1. The Balaban J connectivity index is 1.93. The molecule has 0 fully saturated rings. The van der Waals surface area contributed by atoms with Gasteiger partial charge in [-0.2, -0.15) is 4.31 Å². The summed E-state index contributed by atoms with van der Waals surface area (Å²) in [6.07, 6.45) is 1.04. The van der Waals surface area contributed by atoms with Gasteiger partial charge in [0.15, 0.2) is 0 Å². The van der Waals surface area contributed by atoms with Crippen molar-refractivity contribution in [1.29, 1.82) is 0 Å². The van der Waals surface area contributed by atoms with E-state index in [-0.39, 0.29) is 23.4 Å². The van der Waals surface area contributed by atoms with Gasteiger partial charge in [-0.1, -0.05) is 73.4 Å². The molecule has 3 aromatic carbocycles. The molecule has 3 aromatic rings. The summed E-state index contributed by atoms with van der Waals surface area (Å²) in [6.45, 7) is 5.11. The molecule has 38 heavy (non-hydrogen) atoms. The summed E-state index contributed by atoms with van der Waals surface area (Å²) in [5.74, 6) is -0.864. The molecule has 2 unspecified atom stereocenters. The second-order valence-corrected chi connectivity index (χ2v) is 12.1. The number of sulfonamides is 1. The molecule has 2 amide bonds. The van der Waals surface area contributed by atoms with Gasteiger partial charge in [0.05, 0.1) is 11.4 Å². The third-order valence-electron chi connectivity index (χ3n) is 6.56. The van der Waals surface area contributed by atoms with E-state index in [9.17, 15) is 18.0 Å². The van der Waals surface area contributed by atoms with Crippen LogP contribution in [0.15, 0.2) is 65.6 Å². The van der Waals surface area contributed by atoms with Crippen molar-refractivity contribution < 1.29 is 18.0 Å². The van der Waals surface area contributed by atoms with Crippen molar-refractivity contribution in [2.45, 2.75) is 57.1 Å². The standard InChI is InChI=1S/C28H33Cl2N3O4S/c1-5-19(3)31-28(35)26(6-2)33(17-23-24(29)12-9-13-25(23)30)27(34)18-32(4)38(36,37)22-15-14-20-10-7-8-11-21(20)16-22/h7-16,19,26H,5-6,17-18H2,1-4H3,(H,31,35). The number of likely N-dealkylation sites (N-methyl/N-ethyl adjacent to an activating group) is 1. The number of benzene rings is 3. The maximum atomic E-state index is 13.7. The summed E-state index contributed by atoms with van der Waals surface area (Å²) in [7, 11) is -2.64. The number of halogens is 2. The van der Waals surface area contributed by atoms with E-state index in [0.29, 0.717) is 22.0 Å². The monoisotopic (exact) mass is 577 g/mol. The van der Waals surface area contributed by atoms with Crippen LogP contribution in [0.25, 0.3) is 10.8 Å². The van der Waals surface area contributed by atoms with E-state index in [0.717, 1.165) is 21.5 Å². The zero-order valence-corrected chi connectivity index (χ0v) is 24.3. The summed E-state index contributed by atoms with van der Waals surface area (Å²) in [5.41, 5.74) is 0.485. The van der Waals surface area contributed by atoms with E-state index in [1.165, 1.54) is 18.0 Å². The topological polar surface area (TPSA) is 86.8 Å². The lowest BCUT2D eigenvalue weighted by Gasteiger charge is -2.33. The van der Waals surface area contributed by atoms with Crippen LogP contribution in [0.3, 0.4) is 0 Å². The van der Waals surface area contributed by atoms with Crippen LogP contribution in [0, 0.1) is 0 Å². The van der Waals surface area contributed by atoms with Crippen LogP contribution in [0.5, 0.6) is 0 Å². The first-order valence-corrected chi connectivity index (χ1v) is 14.7. The summed E-state index contributed by atoms with van der Waals surface area (Å²) in [4.78, 5) is 28.3. The second-order valence-electron chi connectivity index (χ2n) is 9.23. The minimum absolute atomic E-state index is 0.0480. The molecule has 0 heterocycles. The number of nitrogens with one attached hydrogen (secondary N) is 1. The highest BCUT2D eigenvalue weighted by atomic mass is 35.5. The lowest BCUT2D eigenvalue weighted by atomic mass is 10.1. The van der Waals surface area contributed by atoms with Crippen molar-refractivity contribution in [2.75, 3.05) is 13.6 Å². The quantitative estimate of drug-likeness (QED) is 0.326. The molecular formula is C28H33Cl2N3O4S. The van der Waals surface area contributed by atoms with Gasteiger partial charge in [0.1, 0.15) is 6.04 Å². The van der Waals surface area contributed by atoms with Gasteiger partial charge in [-0.15, -0.1) is 0 Å². The molecule has 10 heteroatoms. The lowest BCUT2D eigenvalue weighted by molar-refractivity contribution is -0.141. The third kappa shape index (κ3) is 6.86. The zero-order valence-electron chi connectivity index (χ0n) is 21.9. The molecule has 3 rings (SSSR count). The third-order valence-corrected chi connectivity index (χ3v) is 9.07. The molecule has 0 saturated carbocycles. The number of fused-ring (bicyclic) bond motifs is 1. The number of carbonyl (C=O) groups is 2. The van der Waals surface area contributed by atoms with Crippen molar-refractivity contribution in [3.8, 4) is 0 Å². The summed E-state index contributed by atoms with van der Waals surface area (Å²) < 4.78 is 27.8. The average Bonchev–Trinajstić information content (AvgIpc) is 2.89. The molecule has 0 bridgehead atoms. The highest BCUT2D eigenvalue weighted by molar-refractivity contribution is 7.89. The van der Waals surface area contributed by atoms with Gasteiger partial charge in [0, 0.05) is 35.2 Å². The van der Waals surface area contributed by atoms with Crippen LogP contribution in [0.4, 0.5) is 0 Å². The van der Waals surface area contributed by atoms with E-state index in [2.05, 4.69) is 5.32 Å². The van der Waals surface area contributed by atoms with Crippen LogP contribution < -0.4 is 5.32 Å². The Labute approximate surface area is 234 Å². The Morgan fingerprint density at radius 1 is 0.921 bits per heavy atom. The van der Waals surface area contributed by atoms with Gasteiger partial charge in [-0.3, -0.25) is 9.59 Å². The smallest absolute Gasteiger partial charge is 0.243 e. The summed E-state index contributed by atoms with van der Waals surface area (Å²) >= 11 is 12.8. The Hall–Kier alpha value is -2.65. The van der Waals surface area contributed by atoms with Crippen LogP contribution in [0.1, 0.15) is 39.2 Å². The maximum absolute atomic E-state index is 13.7. The Kier molecular flexibility index (Phi) is 10.2. The second kappa shape index (κ2) is 12.9. The van der Waals surface area contributed by atoms with Gasteiger partial charge < -0.3 is 10.2 Å². The molecule has 0 radical (unpaired) electrons. The number of carbonyl (C=O) groups excluding carboxylic acids is 2. The minimum Gasteiger partial charge on any atom is -0.352 e. The van der Waals surface area contributed by atoms with Crippen LogP contribution in [-0.4, -0.2) is 55.1 Å². The lowest BCUT2D eigenvalue weighted by Crippen LogP contribution is -2.53. The highest BCUT2D eigenvalue weighted by Crippen LogP contribution is 2.27. The average molecular weight is 579 g/mol. The van der Waals surface area contributed by atoms with E-state index in [1.54, 1.807) is 37.3 Å². The van der Waals surface area contributed by atoms with Gasteiger partial charge in [-0.05, 0) is 54.8 Å². The maximum Gasteiger partial charge on any atom is 0.243 e. The molecule has 0 aliphatic heterocycles. The Morgan fingerprint density at radius 2 is 1.55 bits per heavy atom. The van der Waals surface area contributed by atoms with Crippen LogP contribution in [0.2, 0.25) is 10.0 Å². The molecule has 0 aliphatic rings. The van der Waals surface area contributed by atoms with Crippen molar-refractivity contribution >= 4 is 55.8 Å². The normalized spacial score (nSPS) is 13.3. The molecule has 0 aliphatic carbocycles. The first kappa shape index (κ1) is 29.9. The molecule has 2 atom stereocenters.